The lowest BCUT2D eigenvalue weighted by Gasteiger charge is -2.34. The van der Waals surface area contributed by atoms with Crippen LogP contribution in [0.2, 0.25) is 0 Å². The molecule has 1 fully saturated rings. The maximum Gasteiger partial charge on any atom is 0.255 e. The number of anilines is 3. The number of hydrogen-bond donors (Lipinski definition) is 1. The van der Waals surface area contributed by atoms with Crippen LogP contribution in [0.15, 0.2) is 61.2 Å². The topological polar surface area (TPSA) is 74.2 Å². The van der Waals surface area contributed by atoms with Gasteiger partial charge < -0.3 is 15.1 Å². The highest BCUT2D eigenvalue weighted by molar-refractivity contribution is 5.95. The Bertz CT molecular complexity index is 942. The quantitative estimate of drug-likeness (QED) is 0.753. The van der Waals surface area contributed by atoms with E-state index in [0.29, 0.717) is 43.4 Å². The average molecular weight is 378 g/mol. The Labute approximate surface area is 161 Å². The van der Waals surface area contributed by atoms with Crippen molar-refractivity contribution >= 4 is 23.2 Å². The Hall–Kier alpha value is -3.55. The molecule has 142 valence electrons. The molecule has 0 radical (unpaired) electrons. The summed E-state index contributed by atoms with van der Waals surface area (Å²) in [5, 5.41) is 3.13. The van der Waals surface area contributed by atoms with Gasteiger partial charge in [-0.25, -0.2) is 14.4 Å². The average Bonchev–Trinajstić information content (AvgIpc) is 2.76. The van der Waals surface area contributed by atoms with Gasteiger partial charge in [-0.15, -0.1) is 0 Å². The standard InChI is InChI=1S/C20H19FN6O/c21-16-2-4-17(5-3-16)25-18-12-15(13-22-14-18)19(28)26-8-10-27(11-9-26)20-23-6-1-7-24-20/h1-7,12-14,25H,8-11H2. The number of amides is 1. The van der Waals surface area contributed by atoms with E-state index in [4.69, 9.17) is 0 Å². The first kappa shape index (κ1) is 17.8. The molecule has 7 nitrogen and oxygen atoms in total. The predicted octanol–water partition coefficient (Wildman–Crippen LogP) is 2.72. The van der Waals surface area contributed by atoms with E-state index in [-0.39, 0.29) is 11.7 Å². The zero-order valence-electron chi connectivity index (χ0n) is 15.1. The van der Waals surface area contributed by atoms with Crippen LogP contribution in [0.1, 0.15) is 10.4 Å². The molecule has 28 heavy (non-hydrogen) atoms. The molecule has 3 aromatic rings. The van der Waals surface area contributed by atoms with E-state index in [0.717, 1.165) is 5.69 Å². The first-order chi connectivity index (χ1) is 13.7. The SMILES string of the molecule is O=C(c1cncc(Nc2ccc(F)cc2)c1)N1CCN(c2ncccn2)CC1. The van der Waals surface area contributed by atoms with Crippen LogP contribution in [0.3, 0.4) is 0 Å². The van der Waals surface area contributed by atoms with Crippen molar-refractivity contribution in [1.82, 2.24) is 19.9 Å². The van der Waals surface area contributed by atoms with Crippen molar-refractivity contribution in [2.45, 2.75) is 0 Å². The first-order valence-electron chi connectivity index (χ1n) is 8.98. The Morgan fingerprint density at radius 3 is 2.39 bits per heavy atom. The summed E-state index contributed by atoms with van der Waals surface area (Å²) in [5.41, 5.74) is 1.91. The third-order valence-electron chi connectivity index (χ3n) is 4.52. The number of rotatable bonds is 4. The molecule has 0 spiro atoms. The molecule has 1 saturated heterocycles. The summed E-state index contributed by atoms with van der Waals surface area (Å²) in [6.45, 7) is 2.53. The Kier molecular flexibility index (Phi) is 5.09. The number of carbonyl (C=O) groups excluding carboxylic acids is 1. The summed E-state index contributed by atoms with van der Waals surface area (Å²) in [4.78, 5) is 29.4. The number of piperazine rings is 1. The highest BCUT2D eigenvalue weighted by Gasteiger charge is 2.23. The number of nitrogens with one attached hydrogen (secondary N) is 1. The van der Waals surface area contributed by atoms with E-state index in [1.165, 1.54) is 12.1 Å². The zero-order valence-corrected chi connectivity index (χ0v) is 15.1. The molecular weight excluding hydrogens is 359 g/mol. The predicted molar refractivity (Wildman–Crippen MR) is 104 cm³/mol. The number of benzene rings is 1. The van der Waals surface area contributed by atoms with Gasteiger partial charge >= 0.3 is 0 Å². The van der Waals surface area contributed by atoms with Crippen LogP contribution in [0.4, 0.5) is 21.7 Å². The van der Waals surface area contributed by atoms with Crippen molar-refractivity contribution in [2.24, 2.45) is 0 Å². The highest BCUT2D eigenvalue weighted by atomic mass is 19.1. The van der Waals surface area contributed by atoms with Crippen LogP contribution in [0, 0.1) is 5.82 Å². The maximum absolute atomic E-state index is 13.0. The van der Waals surface area contributed by atoms with Gasteiger partial charge in [0, 0.05) is 50.5 Å². The second-order valence-electron chi connectivity index (χ2n) is 6.42. The van der Waals surface area contributed by atoms with E-state index in [1.54, 1.807) is 54.0 Å². The van der Waals surface area contributed by atoms with E-state index >= 15 is 0 Å². The summed E-state index contributed by atoms with van der Waals surface area (Å²) in [7, 11) is 0. The lowest BCUT2D eigenvalue weighted by molar-refractivity contribution is 0.0746. The first-order valence-corrected chi connectivity index (χ1v) is 8.98. The molecule has 0 saturated carbocycles. The van der Waals surface area contributed by atoms with Gasteiger partial charge in [0.2, 0.25) is 5.95 Å². The molecule has 1 aliphatic heterocycles. The fourth-order valence-corrected chi connectivity index (χ4v) is 3.07. The fraction of sp³-hybridized carbons (Fsp3) is 0.200. The molecule has 1 aliphatic rings. The molecule has 0 aliphatic carbocycles. The Morgan fingerprint density at radius 2 is 1.68 bits per heavy atom. The Morgan fingerprint density at radius 1 is 0.964 bits per heavy atom. The normalized spacial score (nSPS) is 14.0. The highest BCUT2D eigenvalue weighted by Crippen LogP contribution is 2.19. The molecule has 1 aromatic carbocycles. The third-order valence-corrected chi connectivity index (χ3v) is 4.52. The minimum absolute atomic E-state index is 0.0658. The number of carbonyl (C=O) groups is 1. The van der Waals surface area contributed by atoms with Gasteiger partial charge in [-0.1, -0.05) is 0 Å². The molecular formula is C20H19FN6O. The second kappa shape index (κ2) is 7.99. The van der Waals surface area contributed by atoms with Crippen LogP contribution in [-0.2, 0) is 0 Å². The molecule has 0 unspecified atom stereocenters. The lowest BCUT2D eigenvalue weighted by Crippen LogP contribution is -2.49. The van der Waals surface area contributed by atoms with E-state index in [1.807, 2.05) is 0 Å². The van der Waals surface area contributed by atoms with Crippen molar-refractivity contribution in [3.05, 3.63) is 72.6 Å². The second-order valence-corrected chi connectivity index (χ2v) is 6.42. The summed E-state index contributed by atoms with van der Waals surface area (Å²) >= 11 is 0. The maximum atomic E-state index is 13.0. The van der Waals surface area contributed by atoms with Gasteiger partial charge in [0.1, 0.15) is 5.82 Å². The van der Waals surface area contributed by atoms with Gasteiger partial charge in [-0.3, -0.25) is 9.78 Å². The summed E-state index contributed by atoms with van der Waals surface area (Å²) in [5.74, 6) is 0.318. The van der Waals surface area contributed by atoms with Crippen LogP contribution in [-0.4, -0.2) is 51.9 Å². The smallest absolute Gasteiger partial charge is 0.255 e. The van der Waals surface area contributed by atoms with Crippen LogP contribution < -0.4 is 10.2 Å². The largest absolute Gasteiger partial charge is 0.354 e. The van der Waals surface area contributed by atoms with E-state index in [9.17, 15) is 9.18 Å². The minimum Gasteiger partial charge on any atom is -0.354 e. The van der Waals surface area contributed by atoms with Crippen molar-refractivity contribution in [1.29, 1.82) is 0 Å². The van der Waals surface area contributed by atoms with Gasteiger partial charge in [-0.2, -0.15) is 0 Å². The summed E-state index contributed by atoms with van der Waals surface area (Å²) < 4.78 is 13.0. The van der Waals surface area contributed by atoms with Gasteiger partial charge in [0.05, 0.1) is 17.4 Å². The van der Waals surface area contributed by atoms with Gasteiger partial charge in [-0.05, 0) is 36.4 Å². The van der Waals surface area contributed by atoms with E-state index in [2.05, 4.69) is 25.2 Å². The monoisotopic (exact) mass is 378 g/mol. The van der Waals surface area contributed by atoms with Crippen LogP contribution in [0.25, 0.3) is 0 Å². The van der Waals surface area contributed by atoms with Crippen molar-refractivity contribution in [2.75, 3.05) is 36.4 Å². The Balaban J connectivity index is 1.40. The zero-order chi connectivity index (χ0) is 19.3. The molecule has 2 aromatic heterocycles. The number of aromatic nitrogens is 3. The van der Waals surface area contributed by atoms with E-state index < -0.39 is 0 Å². The lowest BCUT2D eigenvalue weighted by atomic mass is 10.2. The van der Waals surface area contributed by atoms with Crippen molar-refractivity contribution in [3.63, 3.8) is 0 Å². The minimum atomic E-state index is -0.298. The molecule has 4 rings (SSSR count). The van der Waals surface area contributed by atoms with Crippen LogP contribution in [0.5, 0.6) is 0 Å². The summed E-state index contributed by atoms with van der Waals surface area (Å²) in [6.07, 6.45) is 6.62. The van der Waals surface area contributed by atoms with Gasteiger partial charge in [0.15, 0.2) is 0 Å². The third kappa shape index (κ3) is 4.06. The summed E-state index contributed by atoms with van der Waals surface area (Å²) in [6, 6.07) is 9.55. The number of hydrogen-bond acceptors (Lipinski definition) is 6. The molecule has 0 atom stereocenters. The molecule has 1 N–H and O–H groups in total. The molecule has 0 bridgehead atoms. The molecule has 8 heteroatoms. The number of pyridine rings is 1. The number of nitrogens with zero attached hydrogens (tertiary/aromatic N) is 5. The van der Waals surface area contributed by atoms with Crippen molar-refractivity contribution < 1.29 is 9.18 Å². The van der Waals surface area contributed by atoms with Gasteiger partial charge in [0.25, 0.3) is 5.91 Å². The fourth-order valence-electron chi connectivity index (χ4n) is 3.07. The van der Waals surface area contributed by atoms with Crippen LogP contribution >= 0.6 is 0 Å². The molecule has 3 heterocycles. The number of halogens is 1. The van der Waals surface area contributed by atoms with Crippen molar-refractivity contribution in [3.8, 4) is 0 Å². The molecule has 1 amide bonds.